The Bertz CT molecular complexity index is 254. The van der Waals surface area contributed by atoms with E-state index in [4.69, 9.17) is 0 Å². The lowest BCUT2D eigenvalue weighted by Crippen LogP contribution is -2.59. The van der Waals surface area contributed by atoms with E-state index in [0.29, 0.717) is 0 Å². The summed E-state index contributed by atoms with van der Waals surface area (Å²) in [6.45, 7) is 7.37. The summed E-state index contributed by atoms with van der Waals surface area (Å²) in [6.07, 6.45) is 8.75. The molecule has 2 nitrogen and oxygen atoms in total. The maximum atomic E-state index is 3.77. The molecule has 2 atom stereocenters. The van der Waals surface area contributed by atoms with E-state index in [-0.39, 0.29) is 0 Å². The molecular weight excluding hydrogens is 208 g/mol. The molecule has 3 rings (SSSR count). The lowest BCUT2D eigenvalue weighted by Gasteiger charge is -2.45. The molecule has 2 unspecified atom stereocenters. The summed E-state index contributed by atoms with van der Waals surface area (Å²) in [5.74, 6) is 1.98. The van der Waals surface area contributed by atoms with Gasteiger partial charge in [-0.3, -0.25) is 4.90 Å². The molecule has 1 N–H and O–H groups in total. The van der Waals surface area contributed by atoms with Gasteiger partial charge in [-0.15, -0.1) is 0 Å². The molecule has 98 valence electrons. The fourth-order valence-corrected chi connectivity index (χ4v) is 3.81. The second-order valence-corrected chi connectivity index (χ2v) is 6.81. The largest absolute Gasteiger partial charge is 0.311 e. The van der Waals surface area contributed by atoms with Gasteiger partial charge in [0.2, 0.25) is 0 Å². The molecule has 0 radical (unpaired) electrons. The molecule has 0 spiro atoms. The van der Waals surface area contributed by atoms with Gasteiger partial charge >= 0.3 is 0 Å². The van der Waals surface area contributed by atoms with E-state index in [0.717, 1.165) is 30.0 Å². The summed E-state index contributed by atoms with van der Waals surface area (Å²) >= 11 is 0. The van der Waals surface area contributed by atoms with Crippen molar-refractivity contribution in [3.05, 3.63) is 0 Å². The van der Waals surface area contributed by atoms with Gasteiger partial charge in [-0.1, -0.05) is 6.92 Å². The maximum absolute atomic E-state index is 3.77. The Kier molecular flexibility index (Phi) is 3.45. The molecule has 2 saturated carbocycles. The van der Waals surface area contributed by atoms with Crippen LogP contribution < -0.4 is 5.32 Å². The highest BCUT2D eigenvalue weighted by Crippen LogP contribution is 2.36. The van der Waals surface area contributed by atoms with Crippen molar-refractivity contribution in [2.24, 2.45) is 11.8 Å². The van der Waals surface area contributed by atoms with Crippen LogP contribution in [-0.4, -0.2) is 36.1 Å². The van der Waals surface area contributed by atoms with Crippen LogP contribution in [0.25, 0.3) is 0 Å². The van der Waals surface area contributed by atoms with E-state index in [1.165, 1.54) is 51.6 Å². The smallest absolute Gasteiger partial charge is 0.0224 e. The van der Waals surface area contributed by atoms with E-state index in [1.807, 2.05) is 0 Å². The highest BCUT2D eigenvalue weighted by Gasteiger charge is 2.38. The van der Waals surface area contributed by atoms with Crippen LogP contribution in [0.3, 0.4) is 0 Å². The van der Waals surface area contributed by atoms with Gasteiger partial charge in [-0.05, 0) is 57.3 Å². The molecule has 3 aliphatic rings. The Morgan fingerprint density at radius 3 is 2.29 bits per heavy atom. The van der Waals surface area contributed by atoms with E-state index in [9.17, 15) is 0 Å². The van der Waals surface area contributed by atoms with Crippen LogP contribution in [0.5, 0.6) is 0 Å². The van der Waals surface area contributed by atoms with Crippen LogP contribution in [0.2, 0.25) is 0 Å². The first-order valence-electron chi connectivity index (χ1n) is 7.73. The normalized spacial score (nSPS) is 44.8. The average molecular weight is 236 g/mol. The number of piperazine rings is 1. The summed E-state index contributed by atoms with van der Waals surface area (Å²) in [6, 6.07) is 2.46. The average Bonchev–Trinajstić information content (AvgIpc) is 3.15. The third kappa shape index (κ3) is 2.68. The zero-order valence-corrected chi connectivity index (χ0v) is 11.5. The van der Waals surface area contributed by atoms with Gasteiger partial charge in [-0.25, -0.2) is 0 Å². The second kappa shape index (κ2) is 4.89. The van der Waals surface area contributed by atoms with Gasteiger partial charge in [0.1, 0.15) is 0 Å². The van der Waals surface area contributed by atoms with Gasteiger partial charge in [0.15, 0.2) is 0 Å². The number of rotatable bonds is 2. The molecular formula is C15H28N2. The predicted molar refractivity (Wildman–Crippen MR) is 72.1 cm³/mol. The van der Waals surface area contributed by atoms with Gasteiger partial charge in [0.25, 0.3) is 0 Å². The maximum Gasteiger partial charge on any atom is 0.0224 e. The van der Waals surface area contributed by atoms with Crippen molar-refractivity contribution < 1.29 is 0 Å². The topological polar surface area (TPSA) is 15.3 Å². The fraction of sp³-hybridized carbons (Fsp3) is 1.00. The highest BCUT2D eigenvalue weighted by atomic mass is 15.3. The molecule has 17 heavy (non-hydrogen) atoms. The van der Waals surface area contributed by atoms with Crippen molar-refractivity contribution in [3.8, 4) is 0 Å². The van der Waals surface area contributed by atoms with Crippen LogP contribution in [0.1, 0.15) is 52.4 Å². The second-order valence-electron chi connectivity index (χ2n) is 6.81. The molecule has 0 bridgehead atoms. The minimum atomic E-state index is 0.753. The first kappa shape index (κ1) is 12.0. The van der Waals surface area contributed by atoms with Crippen molar-refractivity contribution >= 4 is 0 Å². The molecule has 0 aromatic rings. The molecule has 1 saturated heterocycles. The number of nitrogens with zero attached hydrogens (tertiary/aromatic N) is 1. The highest BCUT2D eigenvalue weighted by molar-refractivity contribution is 4.95. The van der Waals surface area contributed by atoms with Crippen molar-refractivity contribution in [1.82, 2.24) is 10.2 Å². The lowest BCUT2D eigenvalue weighted by molar-refractivity contribution is 0.0579. The molecule has 0 amide bonds. The Morgan fingerprint density at radius 2 is 1.65 bits per heavy atom. The summed E-state index contributed by atoms with van der Waals surface area (Å²) in [5.41, 5.74) is 0. The molecule has 0 aromatic carbocycles. The monoisotopic (exact) mass is 236 g/mol. The van der Waals surface area contributed by atoms with Crippen molar-refractivity contribution in [2.45, 2.75) is 70.5 Å². The molecule has 2 heteroatoms. The quantitative estimate of drug-likeness (QED) is 0.793. The van der Waals surface area contributed by atoms with Gasteiger partial charge in [0.05, 0.1) is 0 Å². The summed E-state index contributed by atoms with van der Waals surface area (Å²) in [7, 11) is 0. The minimum absolute atomic E-state index is 0.753. The molecule has 3 fully saturated rings. The first-order chi connectivity index (χ1) is 8.24. The third-order valence-corrected chi connectivity index (χ3v) is 5.29. The Balaban J connectivity index is 1.59. The van der Waals surface area contributed by atoms with Gasteiger partial charge in [0, 0.05) is 31.2 Å². The third-order valence-electron chi connectivity index (χ3n) is 5.29. The number of hydrogen-bond acceptors (Lipinski definition) is 2. The Morgan fingerprint density at radius 1 is 0.941 bits per heavy atom. The fourth-order valence-electron chi connectivity index (χ4n) is 3.81. The van der Waals surface area contributed by atoms with Crippen molar-refractivity contribution in [2.75, 3.05) is 13.1 Å². The molecule has 2 aliphatic carbocycles. The summed E-state index contributed by atoms with van der Waals surface area (Å²) < 4.78 is 0. The van der Waals surface area contributed by atoms with Crippen LogP contribution in [0, 0.1) is 11.8 Å². The van der Waals surface area contributed by atoms with Crippen LogP contribution in [0.15, 0.2) is 0 Å². The zero-order valence-electron chi connectivity index (χ0n) is 11.5. The van der Waals surface area contributed by atoms with Crippen molar-refractivity contribution in [1.29, 1.82) is 0 Å². The van der Waals surface area contributed by atoms with Gasteiger partial charge < -0.3 is 5.32 Å². The lowest BCUT2D eigenvalue weighted by atomic mass is 9.85. The van der Waals surface area contributed by atoms with E-state index in [2.05, 4.69) is 24.1 Å². The molecule has 1 heterocycles. The van der Waals surface area contributed by atoms with Crippen LogP contribution in [0.4, 0.5) is 0 Å². The minimum Gasteiger partial charge on any atom is -0.311 e. The van der Waals surface area contributed by atoms with E-state index >= 15 is 0 Å². The van der Waals surface area contributed by atoms with E-state index < -0.39 is 0 Å². The summed E-state index contributed by atoms with van der Waals surface area (Å²) in [4.78, 5) is 2.84. The van der Waals surface area contributed by atoms with Crippen LogP contribution >= 0.6 is 0 Å². The van der Waals surface area contributed by atoms with E-state index in [1.54, 1.807) is 0 Å². The molecule has 1 aliphatic heterocycles. The zero-order chi connectivity index (χ0) is 11.8. The predicted octanol–water partition coefficient (Wildman–Crippen LogP) is 2.64. The number of nitrogens with one attached hydrogen (secondary N) is 1. The standard InChI is InChI=1S/C15H28N2/c1-11-3-7-14(8-4-11)17-10-15(13-5-6-13)16-9-12(17)2/h11-16H,3-10H2,1-2H3. The SMILES string of the molecule is CC1CCC(N2CC(C3CC3)NCC2C)CC1. The number of hydrogen-bond donors (Lipinski definition) is 1. The van der Waals surface area contributed by atoms with Crippen molar-refractivity contribution in [3.63, 3.8) is 0 Å². The summed E-state index contributed by atoms with van der Waals surface area (Å²) in [5, 5.41) is 3.77. The van der Waals surface area contributed by atoms with Gasteiger partial charge in [-0.2, -0.15) is 0 Å². The Hall–Kier alpha value is -0.0800. The Labute approximate surface area is 106 Å². The first-order valence-corrected chi connectivity index (χ1v) is 7.73. The van der Waals surface area contributed by atoms with Crippen LogP contribution in [-0.2, 0) is 0 Å². The molecule has 0 aromatic heterocycles.